The summed E-state index contributed by atoms with van der Waals surface area (Å²) < 4.78 is 10.8. The zero-order valence-electron chi connectivity index (χ0n) is 15.3. The van der Waals surface area contributed by atoms with Gasteiger partial charge in [0.25, 0.3) is 0 Å². The number of aliphatic imine (C=N–C) groups is 1. The summed E-state index contributed by atoms with van der Waals surface area (Å²) in [7, 11) is 1.63. The van der Waals surface area contributed by atoms with Gasteiger partial charge in [-0.25, -0.2) is 0 Å². The van der Waals surface area contributed by atoms with E-state index in [0.29, 0.717) is 6.54 Å². The normalized spacial score (nSPS) is 15.7. The van der Waals surface area contributed by atoms with Crippen LogP contribution < -0.4 is 15.4 Å². The van der Waals surface area contributed by atoms with Crippen molar-refractivity contribution >= 4 is 5.96 Å². The molecule has 140 valence electrons. The third kappa shape index (κ3) is 7.75. The first-order chi connectivity index (χ1) is 12.2. The lowest BCUT2D eigenvalue weighted by Gasteiger charge is -2.13. The van der Waals surface area contributed by atoms with E-state index in [2.05, 4.69) is 15.6 Å². The molecular formula is C19H31N3O3. The van der Waals surface area contributed by atoms with Crippen LogP contribution in [0.15, 0.2) is 29.3 Å². The number of nitrogens with one attached hydrogen (secondary N) is 2. The van der Waals surface area contributed by atoms with Crippen molar-refractivity contribution in [3.63, 3.8) is 0 Å². The number of methoxy groups -OCH3 is 1. The molecule has 0 radical (unpaired) electrons. The Morgan fingerprint density at radius 2 is 2.04 bits per heavy atom. The summed E-state index contributed by atoms with van der Waals surface area (Å²) in [6, 6.07) is 7.40. The number of ether oxygens (including phenoxy) is 2. The first-order valence-corrected chi connectivity index (χ1v) is 9.15. The topological polar surface area (TPSA) is 75.1 Å². The molecule has 1 fully saturated rings. The molecule has 6 heteroatoms. The Labute approximate surface area is 150 Å². The highest BCUT2D eigenvalue weighted by Gasteiger charge is 2.20. The number of nitrogens with zero attached hydrogens (tertiary/aromatic N) is 1. The summed E-state index contributed by atoms with van der Waals surface area (Å²) >= 11 is 0. The van der Waals surface area contributed by atoms with Gasteiger partial charge in [-0.2, -0.15) is 0 Å². The predicted octanol–water partition coefficient (Wildman–Crippen LogP) is 2.10. The predicted molar refractivity (Wildman–Crippen MR) is 100 cm³/mol. The first kappa shape index (κ1) is 19.5. The fourth-order valence-corrected chi connectivity index (χ4v) is 2.37. The molecule has 0 spiro atoms. The van der Waals surface area contributed by atoms with Crippen molar-refractivity contribution in [3.05, 3.63) is 29.8 Å². The van der Waals surface area contributed by atoms with Gasteiger partial charge in [0.2, 0.25) is 0 Å². The van der Waals surface area contributed by atoms with Crippen molar-refractivity contribution in [1.82, 2.24) is 10.6 Å². The highest BCUT2D eigenvalue weighted by molar-refractivity contribution is 5.79. The minimum absolute atomic E-state index is 0.305. The highest BCUT2D eigenvalue weighted by Crippen LogP contribution is 2.28. The fraction of sp³-hybridized carbons (Fsp3) is 0.632. The molecule has 0 amide bonds. The van der Waals surface area contributed by atoms with Crippen LogP contribution >= 0.6 is 0 Å². The summed E-state index contributed by atoms with van der Waals surface area (Å²) in [5, 5.41) is 16.7. The number of guanidine groups is 1. The number of benzene rings is 1. The van der Waals surface area contributed by atoms with Gasteiger partial charge in [0.15, 0.2) is 5.96 Å². The largest absolute Gasteiger partial charge is 0.497 e. The van der Waals surface area contributed by atoms with Crippen LogP contribution in [0.3, 0.4) is 0 Å². The molecule has 0 aromatic heterocycles. The lowest BCUT2D eigenvalue weighted by Crippen LogP contribution is -2.38. The van der Waals surface area contributed by atoms with Gasteiger partial charge in [0.05, 0.1) is 19.8 Å². The van der Waals surface area contributed by atoms with Crippen molar-refractivity contribution in [3.8, 4) is 5.75 Å². The highest BCUT2D eigenvalue weighted by atomic mass is 16.5. The fourth-order valence-electron chi connectivity index (χ4n) is 2.37. The molecular weight excluding hydrogens is 318 g/mol. The van der Waals surface area contributed by atoms with Crippen LogP contribution in [0.1, 0.15) is 37.9 Å². The van der Waals surface area contributed by atoms with E-state index >= 15 is 0 Å². The summed E-state index contributed by atoms with van der Waals surface area (Å²) in [4.78, 5) is 4.46. The SMILES string of the molecule is CCNC(=NCC(O)c1ccc(OC)cc1)NCCCOCC1CC1. The standard InChI is InChI=1S/C19H31N3O3/c1-3-20-19(21-11-4-12-25-14-15-5-6-15)22-13-18(23)16-7-9-17(24-2)10-8-16/h7-10,15,18,23H,3-6,11-14H2,1-2H3,(H2,20,21,22). The van der Waals surface area contributed by atoms with Gasteiger partial charge < -0.3 is 25.2 Å². The number of rotatable bonds is 11. The molecule has 1 saturated carbocycles. The Hall–Kier alpha value is -1.79. The van der Waals surface area contributed by atoms with E-state index in [1.54, 1.807) is 7.11 Å². The third-order valence-electron chi connectivity index (χ3n) is 4.08. The Kier molecular flexibility index (Phi) is 8.55. The van der Waals surface area contributed by atoms with Crippen molar-refractivity contribution in [2.45, 2.75) is 32.3 Å². The van der Waals surface area contributed by atoms with Crippen LogP contribution in [0.5, 0.6) is 5.75 Å². The van der Waals surface area contributed by atoms with Crippen molar-refractivity contribution in [2.75, 3.05) is 40.0 Å². The lowest BCUT2D eigenvalue weighted by atomic mass is 10.1. The van der Waals surface area contributed by atoms with E-state index in [0.717, 1.165) is 55.9 Å². The molecule has 1 atom stereocenters. The van der Waals surface area contributed by atoms with Gasteiger partial charge in [-0.15, -0.1) is 0 Å². The van der Waals surface area contributed by atoms with E-state index in [1.165, 1.54) is 12.8 Å². The second kappa shape index (κ2) is 10.9. The molecule has 0 heterocycles. The maximum absolute atomic E-state index is 10.3. The monoisotopic (exact) mass is 349 g/mol. The third-order valence-corrected chi connectivity index (χ3v) is 4.08. The van der Waals surface area contributed by atoms with E-state index in [1.807, 2.05) is 31.2 Å². The summed E-state index contributed by atoms with van der Waals surface area (Å²) in [6.45, 7) is 5.59. The molecule has 3 N–H and O–H groups in total. The zero-order chi connectivity index (χ0) is 17.9. The van der Waals surface area contributed by atoms with Crippen molar-refractivity contribution in [1.29, 1.82) is 0 Å². The summed E-state index contributed by atoms with van der Waals surface area (Å²) in [5.41, 5.74) is 0.828. The second-order valence-electron chi connectivity index (χ2n) is 6.31. The average molecular weight is 349 g/mol. The Bertz CT molecular complexity index is 515. The van der Waals surface area contributed by atoms with E-state index in [9.17, 15) is 5.11 Å². The smallest absolute Gasteiger partial charge is 0.191 e. The molecule has 1 unspecified atom stereocenters. The lowest BCUT2D eigenvalue weighted by molar-refractivity contribution is 0.123. The molecule has 2 rings (SSSR count). The quantitative estimate of drug-likeness (QED) is 0.324. The number of aliphatic hydroxyl groups is 1. The molecule has 1 aliphatic rings. The molecule has 0 aliphatic heterocycles. The van der Waals surface area contributed by atoms with Crippen molar-refractivity contribution in [2.24, 2.45) is 10.9 Å². The number of aliphatic hydroxyl groups excluding tert-OH is 1. The minimum Gasteiger partial charge on any atom is -0.497 e. The molecule has 6 nitrogen and oxygen atoms in total. The average Bonchev–Trinajstić information content (AvgIpc) is 3.46. The van der Waals surface area contributed by atoms with Crippen LogP contribution in [0.2, 0.25) is 0 Å². The van der Waals surface area contributed by atoms with Crippen LogP contribution in [0, 0.1) is 5.92 Å². The minimum atomic E-state index is -0.636. The van der Waals surface area contributed by atoms with Gasteiger partial charge in [-0.05, 0) is 49.8 Å². The van der Waals surface area contributed by atoms with Crippen molar-refractivity contribution < 1.29 is 14.6 Å². The van der Waals surface area contributed by atoms with E-state index in [4.69, 9.17) is 9.47 Å². The van der Waals surface area contributed by atoms with Crippen LogP contribution in [-0.2, 0) is 4.74 Å². The first-order valence-electron chi connectivity index (χ1n) is 9.15. The second-order valence-corrected chi connectivity index (χ2v) is 6.31. The number of hydrogen-bond donors (Lipinski definition) is 3. The maximum Gasteiger partial charge on any atom is 0.191 e. The maximum atomic E-state index is 10.3. The molecule has 0 saturated heterocycles. The Balaban J connectivity index is 1.70. The van der Waals surface area contributed by atoms with Crippen LogP contribution in [0.4, 0.5) is 0 Å². The van der Waals surface area contributed by atoms with Gasteiger partial charge in [-0.3, -0.25) is 4.99 Å². The zero-order valence-corrected chi connectivity index (χ0v) is 15.3. The van der Waals surface area contributed by atoms with Gasteiger partial charge >= 0.3 is 0 Å². The van der Waals surface area contributed by atoms with Gasteiger partial charge in [-0.1, -0.05) is 12.1 Å². The molecule has 0 bridgehead atoms. The van der Waals surface area contributed by atoms with Crippen LogP contribution in [0.25, 0.3) is 0 Å². The Morgan fingerprint density at radius 3 is 2.68 bits per heavy atom. The van der Waals surface area contributed by atoms with E-state index < -0.39 is 6.10 Å². The number of hydrogen-bond acceptors (Lipinski definition) is 4. The molecule has 25 heavy (non-hydrogen) atoms. The van der Waals surface area contributed by atoms with E-state index in [-0.39, 0.29) is 0 Å². The Morgan fingerprint density at radius 1 is 1.28 bits per heavy atom. The molecule has 1 aromatic carbocycles. The summed E-state index contributed by atoms with van der Waals surface area (Å²) in [5.74, 6) is 2.31. The molecule has 1 aromatic rings. The summed E-state index contributed by atoms with van der Waals surface area (Å²) in [6.07, 6.45) is 2.96. The van der Waals surface area contributed by atoms with Crippen LogP contribution in [-0.4, -0.2) is 51.0 Å². The molecule has 1 aliphatic carbocycles. The van der Waals surface area contributed by atoms with Gasteiger partial charge in [0.1, 0.15) is 5.75 Å². The van der Waals surface area contributed by atoms with Gasteiger partial charge in [0, 0.05) is 26.3 Å².